The molecule has 1 unspecified atom stereocenters. The van der Waals surface area contributed by atoms with E-state index in [0.717, 1.165) is 37.9 Å². The van der Waals surface area contributed by atoms with Crippen LogP contribution in [0.4, 0.5) is 0 Å². The Labute approximate surface area is 116 Å². The lowest BCUT2D eigenvalue weighted by atomic mass is 9.73. The van der Waals surface area contributed by atoms with E-state index < -0.39 is 0 Å². The van der Waals surface area contributed by atoms with Crippen molar-refractivity contribution >= 4 is 17.7 Å². The maximum atomic E-state index is 12.8. The second-order valence-corrected chi connectivity index (χ2v) is 6.39. The molecule has 0 aromatic carbocycles. The predicted octanol–water partition coefficient (Wildman–Crippen LogP) is 2.50. The summed E-state index contributed by atoms with van der Waals surface area (Å²) in [5.74, 6) is 1.30. The molecular formula is C14H28N2OS. The molecular weight excluding hydrogens is 244 g/mol. The minimum Gasteiger partial charge on any atom is -0.341 e. The first kappa shape index (κ1) is 15.8. The van der Waals surface area contributed by atoms with Crippen LogP contribution >= 0.6 is 11.8 Å². The largest absolute Gasteiger partial charge is 0.341 e. The maximum absolute atomic E-state index is 12.8. The van der Waals surface area contributed by atoms with Crippen LogP contribution in [0, 0.1) is 5.41 Å². The summed E-state index contributed by atoms with van der Waals surface area (Å²) in [6.07, 6.45) is 8.61. The van der Waals surface area contributed by atoms with Gasteiger partial charge in [-0.25, -0.2) is 0 Å². The zero-order chi connectivity index (χ0) is 13.6. The molecule has 0 aromatic heterocycles. The van der Waals surface area contributed by atoms with Crippen LogP contribution in [0.25, 0.3) is 0 Å². The number of thioether (sulfide) groups is 1. The van der Waals surface area contributed by atoms with Crippen molar-refractivity contribution in [1.82, 2.24) is 4.90 Å². The molecule has 3 nitrogen and oxygen atoms in total. The Morgan fingerprint density at radius 3 is 2.44 bits per heavy atom. The molecule has 1 rings (SSSR count). The fraction of sp³-hybridized carbons (Fsp3) is 0.929. The minimum atomic E-state index is -0.265. The summed E-state index contributed by atoms with van der Waals surface area (Å²) >= 11 is 1.81. The molecule has 0 bridgehead atoms. The van der Waals surface area contributed by atoms with Gasteiger partial charge in [0.2, 0.25) is 5.91 Å². The number of nitrogens with two attached hydrogens (primary N) is 1. The quantitative estimate of drug-likeness (QED) is 0.808. The van der Waals surface area contributed by atoms with Gasteiger partial charge in [0.15, 0.2) is 0 Å². The van der Waals surface area contributed by atoms with Crippen LogP contribution < -0.4 is 5.73 Å². The molecule has 0 saturated heterocycles. The monoisotopic (exact) mass is 272 g/mol. The zero-order valence-corrected chi connectivity index (χ0v) is 12.9. The van der Waals surface area contributed by atoms with Crippen molar-refractivity contribution in [2.45, 2.75) is 51.5 Å². The number of hydrogen-bond acceptors (Lipinski definition) is 3. The summed E-state index contributed by atoms with van der Waals surface area (Å²) in [4.78, 5) is 14.7. The summed E-state index contributed by atoms with van der Waals surface area (Å²) < 4.78 is 0. The summed E-state index contributed by atoms with van der Waals surface area (Å²) in [5.41, 5.74) is 5.67. The normalized spacial score (nSPS) is 20.4. The molecule has 0 spiro atoms. The van der Waals surface area contributed by atoms with Crippen LogP contribution in [-0.4, -0.2) is 42.4 Å². The van der Waals surface area contributed by atoms with E-state index in [4.69, 9.17) is 5.73 Å². The highest BCUT2D eigenvalue weighted by atomic mass is 32.2. The molecule has 106 valence electrons. The molecule has 1 aliphatic carbocycles. The van der Waals surface area contributed by atoms with Crippen molar-refractivity contribution in [3.8, 4) is 0 Å². The molecule has 1 fully saturated rings. The van der Waals surface area contributed by atoms with Crippen molar-refractivity contribution in [3.63, 3.8) is 0 Å². The summed E-state index contributed by atoms with van der Waals surface area (Å²) in [6.45, 7) is 2.66. The summed E-state index contributed by atoms with van der Waals surface area (Å²) in [6, 6.07) is 0.345. The van der Waals surface area contributed by atoms with Gasteiger partial charge in [0.25, 0.3) is 0 Å². The average molecular weight is 272 g/mol. The van der Waals surface area contributed by atoms with Crippen LogP contribution in [0.3, 0.4) is 0 Å². The SMILES string of the molecule is CCC(CSC)N(C)C(=O)C1(CN)CCCCC1. The molecule has 2 N–H and O–H groups in total. The van der Waals surface area contributed by atoms with Crippen molar-refractivity contribution in [2.24, 2.45) is 11.1 Å². The van der Waals surface area contributed by atoms with Gasteiger partial charge in [-0.15, -0.1) is 0 Å². The third-order valence-electron chi connectivity index (χ3n) is 4.35. The molecule has 1 atom stereocenters. The second kappa shape index (κ2) is 7.39. The van der Waals surface area contributed by atoms with Gasteiger partial charge in [0.1, 0.15) is 0 Å². The van der Waals surface area contributed by atoms with E-state index in [1.54, 1.807) is 0 Å². The van der Waals surface area contributed by atoms with E-state index >= 15 is 0 Å². The van der Waals surface area contributed by atoms with Gasteiger partial charge in [-0.05, 0) is 25.5 Å². The molecule has 0 heterocycles. The molecule has 1 aliphatic rings. The van der Waals surface area contributed by atoms with E-state index in [9.17, 15) is 4.79 Å². The number of carbonyl (C=O) groups excluding carboxylic acids is 1. The van der Waals surface area contributed by atoms with Crippen LogP contribution in [0.15, 0.2) is 0 Å². The highest BCUT2D eigenvalue weighted by Gasteiger charge is 2.41. The van der Waals surface area contributed by atoms with E-state index in [1.807, 2.05) is 23.7 Å². The van der Waals surface area contributed by atoms with Gasteiger partial charge in [-0.2, -0.15) is 11.8 Å². The lowest BCUT2D eigenvalue weighted by Crippen LogP contribution is -2.51. The molecule has 0 aromatic rings. The van der Waals surface area contributed by atoms with Crippen LogP contribution in [0.1, 0.15) is 45.4 Å². The van der Waals surface area contributed by atoms with E-state index in [-0.39, 0.29) is 11.3 Å². The highest BCUT2D eigenvalue weighted by Crippen LogP contribution is 2.37. The zero-order valence-electron chi connectivity index (χ0n) is 12.1. The smallest absolute Gasteiger partial charge is 0.230 e. The molecule has 18 heavy (non-hydrogen) atoms. The Balaban J connectivity index is 2.75. The van der Waals surface area contributed by atoms with E-state index in [2.05, 4.69) is 13.2 Å². The van der Waals surface area contributed by atoms with Crippen LogP contribution in [0.2, 0.25) is 0 Å². The van der Waals surface area contributed by atoms with Gasteiger partial charge in [-0.3, -0.25) is 4.79 Å². The number of carbonyl (C=O) groups is 1. The highest BCUT2D eigenvalue weighted by molar-refractivity contribution is 7.98. The Bertz CT molecular complexity index is 265. The molecule has 0 radical (unpaired) electrons. The molecule has 1 amide bonds. The molecule has 1 saturated carbocycles. The third-order valence-corrected chi connectivity index (χ3v) is 5.07. The van der Waals surface area contributed by atoms with Crippen molar-refractivity contribution in [3.05, 3.63) is 0 Å². The first-order chi connectivity index (χ1) is 8.61. The second-order valence-electron chi connectivity index (χ2n) is 5.48. The number of hydrogen-bond donors (Lipinski definition) is 1. The number of amides is 1. The maximum Gasteiger partial charge on any atom is 0.230 e. The van der Waals surface area contributed by atoms with Gasteiger partial charge in [0.05, 0.1) is 5.41 Å². The summed E-state index contributed by atoms with van der Waals surface area (Å²) in [7, 11) is 1.96. The Kier molecular flexibility index (Phi) is 6.50. The molecule has 4 heteroatoms. The Morgan fingerprint density at radius 1 is 1.39 bits per heavy atom. The number of nitrogens with zero attached hydrogens (tertiary/aromatic N) is 1. The van der Waals surface area contributed by atoms with Crippen molar-refractivity contribution in [2.75, 3.05) is 25.6 Å². The van der Waals surface area contributed by atoms with Gasteiger partial charge in [-0.1, -0.05) is 26.2 Å². The topological polar surface area (TPSA) is 46.3 Å². The third kappa shape index (κ3) is 3.41. The molecule has 0 aliphatic heterocycles. The standard InChI is InChI=1S/C14H28N2OS/c1-4-12(10-18-3)16(2)13(17)14(11-15)8-6-5-7-9-14/h12H,4-11,15H2,1-3H3. The lowest BCUT2D eigenvalue weighted by molar-refractivity contribution is -0.144. The fourth-order valence-electron chi connectivity index (χ4n) is 2.97. The van der Waals surface area contributed by atoms with Crippen LogP contribution in [0.5, 0.6) is 0 Å². The van der Waals surface area contributed by atoms with Crippen molar-refractivity contribution in [1.29, 1.82) is 0 Å². The number of rotatable bonds is 6. The van der Waals surface area contributed by atoms with Gasteiger partial charge >= 0.3 is 0 Å². The first-order valence-corrected chi connectivity index (χ1v) is 8.47. The summed E-state index contributed by atoms with van der Waals surface area (Å²) in [5, 5.41) is 0. The van der Waals surface area contributed by atoms with Crippen molar-refractivity contribution < 1.29 is 4.79 Å². The van der Waals surface area contributed by atoms with E-state index in [1.165, 1.54) is 6.42 Å². The predicted molar refractivity (Wildman–Crippen MR) is 79.8 cm³/mol. The van der Waals surface area contributed by atoms with Crippen LogP contribution in [-0.2, 0) is 4.79 Å². The van der Waals surface area contributed by atoms with Gasteiger partial charge in [0, 0.05) is 25.4 Å². The van der Waals surface area contributed by atoms with Gasteiger partial charge < -0.3 is 10.6 Å². The first-order valence-electron chi connectivity index (χ1n) is 7.07. The fourth-order valence-corrected chi connectivity index (χ4v) is 3.81. The van der Waals surface area contributed by atoms with E-state index in [0.29, 0.717) is 12.6 Å². The Hall–Kier alpha value is -0.220. The minimum absolute atomic E-state index is 0.265. The Morgan fingerprint density at radius 2 is 2.00 bits per heavy atom. The average Bonchev–Trinajstić information content (AvgIpc) is 2.43. The lowest BCUT2D eigenvalue weighted by Gasteiger charge is -2.40.